The number of fused-ring (bicyclic) bond motifs is 4. The van der Waals surface area contributed by atoms with Crippen molar-refractivity contribution >= 4 is 58.2 Å². The standard InChI is InChI=1S/C28H17BrS/c29-26-17-16-20(22-6-1-2-7-23(22)26)18-12-14-19(15-13-18)21-9-5-10-25-24-8-3-4-11-27(24)30-28(21)25/h1-17H. The van der Waals surface area contributed by atoms with E-state index in [2.05, 4.69) is 119 Å². The van der Waals surface area contributed by atoms with Gasteiger partial charge in [-0.3, -0.25) is 0 Å². The van der Waals surface area contributed by atoms with Gasteiger partial charge in [-0.2, -0.15) is 0 Å². The lowest BCUT2D eigenvalue weighted by atomic mass is 9.96. The maximum atomic E-state index is 3.68. The molecule has 5 aromatic carbocycles. The Morgan fingerprint density at radius 2 is 1.10 bits per heavy atom. The third-order valence-electron chi connectivity index (χ3n) is 5.78. The summed E-state index contributed by atoms with van der Waals surface area (Å²) < 4.78 is 3.84. The first-order valence-electron chi connectivity index (χ1n) is 9.98. The van der Waals surface area contributed by atoms with Crippen LogP contribution >= 0.6 is 27.3 Å². The minimum absolute atomic E-state index is 1.13. The normalized spacial score (nSPS) is 11.5. The van der Waals surface area contributed by atoms with Crippen molar-refractivity contribution in [1.29, 1.82) is 0 Å². The number of halogens is 1. The molecule has 0 N–H and O–H groups in total. The SMILES string of the molecule is Brc1ccc(-c2ccc(-c3cccc4c3sc3ccccc34)cc2)c2ccccc12. The molecule has 30 heavy (non-hydrogen) atoms. The van der Waals surface area contributed by atoms with Gasteiger partial charge in [0, 0.05) is 24.6 Å². The summed E-state index contributed by atoms with van der Waals surface area (Å²) in [5.74, 6) is 0. The van der Waals surface area contributed by atoms with E-state index < -0.39 is 0 Å². The molecule has 0 fully saturated rings. The van der Waals surface area contributed by atoms with Gasteiger partial charge in [-0.15, -0.1) is 11.3 Å². The third kappa shape index (κ3) is 2.79. The summed E-state index contributed by atoms with van der Waals surface area (Å²) in [5.41, 5.74) is 5.07. The lowest BCUT2D eigenvalue weighted by Gasteiger charge is -2.10. The first-order chi connectivity index (χ1) is 14.8. The molecule has 0 saturated carbocycles. The van der Waals surface area contributed by atoms with Crippen LogP contribution in [-0.2, 0) is 0 Å². The first-order valence-corrected chi connectivity index (χ1v) is 11.6. The molecule has 0 aliphatic heterocycles. The Morgan fingerprint density at radius 1 is 0.467 bits per heavy atom. The van der Waals surface area contributed by atoms with Crippen molar-refractivity contribution < 1.29 is 0 Å². The van der Waals surface area contributed by atoms with Crippen molar-refractivity contribution in [3.8, 4) is 22.3 Å². The number of rotatable bonds is 2. The van der Waals surface area contributed by atoms with Gasteiger partial charge in [0.05, 0.1) is 0 Å². The van der Waals surface area contributed by atoms with Gasteiger partial charge >= 0.3 is 0 Å². The minimum Gasteiger partial charge on any atom is -0.135 e. The molecule has 2 heteroatoms. The highest BCUT2D eigenvalue weighted by atomic mass is 79.9. The molecule has 6 rings (SSSR count). The lowest BCUT2D eigenvalue weighted by Crippen LogP contribution is -1.84. The van der Waals surface area contributed by atoms with E-state index >= 15 is 0 Å². The molecular formula is C28H17BrS. The number of thiophene rings is 1. The second-order valence-electron chi connectivity index (χ2n) is 7.50. The summed E-state index contributed by atoms with van der Waals surface area (Å²) in [6, 6.07) is 37.2. The maximum Gasteiger partial charge on any atom is 0.0433 e. The second-order valence-corrected chi connectivity index (χ2v) is 9.40. The van der Waals surface area contributed by atoms with Crippen LogP contribution in [0.15, 0.2) is 108 Å². The maximum absolute atomic E-state index is 3.68. The monoisotopic (exact) mass is 464 g/mol. The highest BCUT2D eigenvalue weighted by molar-refractivity contribution is 9.10. The average molecular weight is 465 g/mol. The van der Waals surface area contributed by atoms with Crippen LogP contribution in [0.2, 0.25) is 0 Å². The highest BCUT2D eigenvalue weighted by Crippen LogP contribution is 2.40. The molecule has 0 radical (unpaired) electrons. The zero-order chi connectivity index (χ0) is 20.1. The molecule has 0 aliphatic rings. The van der Waals surface area contributed by atoms with Gasteiger partial charge in [-0.25, -0.2) is 0 Å². The van der Waals surface area contributed by atoms with Crippen LogP contribution in [-0.4, -0.2) is 0 Å². The van der Waals surface area contributed by atoms with Crippen molar-refractivity contribution in [2.75, 3.05) is 0 Å². The molecule has 0 nitrogen and oxygen atoms in total. The number of benzene rings is 5. The Labute approximate surface area is 187 Å². The van der Waals surface area contributed by atoms with Crippen molar-refractivity contribution in [2.24, 2.45) is 0 Å². The van der Waals surface area contributed by atoms with Crippen molar-refractivity contribution in [3.63, 3.8) is 0 Å². The largest absolute Gasteiger partial charge is 0.135 e. The molecule has 0 unspecified atom stereocenters. The lowest BCUT2D eigenvalue weighted by molar-refractivity contribution is 1.62. The quantitative estimate of drug-likeness (QED) is 0.239. The van der Waals surface area contributed by atoms with E-state index in [1.807, 2.05) is 11.3 Å². The van der Waals surface area contributed by atoms with Gasteiger partial charge in [0.15, 0.2) is 0 Å². The topological polar surface area (TPSA) is 0 Å². The van der Waals surface area contributed by atoms with E-state index in [0.717, 1.165) is 4.47 Å². The first kappa shape index (κ1) is 17.9. The van der Waals surface area contributed by atoms with Gasteiger partial charge in [0.25, 0.3) is 0 Å². The number of hydrogen-bond donors (Lipinski definition) is 0. The molecule has 0 saturated heterocycles. The van der Waals surface area contributed by atoms with Crippen molar-refractivity contribution in [3.05, 3.63) is 108 Å². The van der Waals surface area contributed by atoms with E-state index in [4.69, 9.17) is 0 Å². The van der Waals surface area contributed by atoms with Crippen LogP contribution < -0.4 is 0 Å². The predicted molar refractivity (Wildman–Crippen MR) is 135 cm³/mol. The summed E-state index contributed by atoms with van der Waals surface area (Å²) in [6.45, 7) is 0. The van der Waals surface area contributed by atoms with Gasteiger partial charge in [0.1, 0.15) is 0 Å². The molecule has 0 bridgehead atoms. The van der Waals surface area contributed by atoms with E-state index in [-0.39, 0.29) is 0 Å². The van der Waals surface area contributed by atoms with Crippen LogP contribution in [0.25, 0.3) is 53.2 Å². The molecule has 0 aliphatic carbocycles. The molecule has 1 heterocycles. The molecule has 1 aromatic heterocycles. The van der Waals surface area contributed by atoms with Crippen LogP contribution in [0.4, 0.5) is 0 Å². The Hall–Kier alpha value is -2.94. The summed E-state index contributed by atoms with van der Waals surface area (Å²) in [6.07, 6.45) is 0. The molecular weight excluding hydrogens is 448 g/mol. The molecule has 6 aromatic rings. The Bertz CT molecular complexity index is 1540. The van der Waals surface area contributed by atoms with Crippen LogP contribution in [0.5, 0.6) is 0 Å². The Kier molecular flexibility index (Phi) is 4.22. The summed E-state index contributed by atoms with van der Waals surface area (Å²) in [5, 5.41) is 5.20. The zero-order valence-corrected chi connectivity index (χ0v) is 18.5. The van der Waals surface area contributed by atoms with E-state index in [1.54, 1.807) is 0 Å². The molecule has 0 atom stereocenters. The number of hydrogen-bond acceptors (Lipinski definition) is 1. The van der Waals surface area contributed by atoms with Crippen LogP contribution in [0.1, 0.15) is 0 Å². The fourth-order valence-corrected chi connectivity index (χ4v) is 6.03. The van der Waals surface area contributed by atoms with Gasteiger partial charge in [-0.05, 0) is 45.2 Å². The fraction of sp³-hybridized carbons (Fsp3) is 0. The van der Waals surface area contributed by atoms with E-state index in [0.29, 0.717) is 0 Å². The van der Waals surface area contributed by atoms with E-state index in [1.165, 1.54) is 53.2 Å². The van der Waals surface area contributed by atoms with Crippen molar-refractivity contribution in [1.82, 2.24) is 0 Å². The zero-order valence-electron chi connectivity index (χ0n) is 16.1. The van der Waals surface area contributed by atoms with Crippen LogP contribution in [0.3, 0.4) is 0 Å². The van der Waals surface area contributed by atoms with Gasteiger partial charge in [0.2, 0.25) is 0 Å². The van der Waals surface area contributed by atoms with Crippen molar-refractivity contribution in [2.45, 2.75) is 0 Å². The predicted octanol–water partition coefficient (Wildman–Crippen LogP) is 9.30. The third-order valence-corrected chi connectivity index (χ3v) is 7.69. The second kappa shape index (κ2) is 7.09. The Balaban J connectivity index is 1.49. The smallest absolute Gasteiger partial charge is 0.0433 e. The molecule has 142 valence electrons. The van der Waals surface area contributed by atoms with Gasteiger partial charge < -0.3 is 0 Å². The fourth-order valence-electron chi connectivity index (χ4n) is 4.32. The highest BCUT2D eigenvalue weighted by Gasteiger charge is 2.11. The van der Waals surface area contributed by atoms with Crippen LogP contribution in [0, 0.1) is 0 Å². The summed E-state index contributed by atoms with van der Waals surface area (Å²) >= 11 is 5.57. The molecule has 0 amide bonds. The minimum atomic E-state index is 1.13. The van der Waals surface area contributed by atoms with E-state index in [9.17, 15) is 0 Å². The van der Waals surface area contributed by atoms with Gasteiger partial charge in [-0.1, -0.05) is 107 Å². The average Bonchev–Trinajstić information content (AvgIpc) is 3.19. The Morgan fingerprint density at radius 3 is 1.90 bits per heavy atom. The summed E-state index contributed by atoms with van der Waals surface area (Å²) in [4.78, 5) is 0. The molecule has 0 spiro atoms. The summed E-state index contributed by atoms with van der Waals surface area (Å²) in [7, 11) is 0.